The van der Waals surface area contributed by atoms with Gasteiger partial charge in [-0.1, -0.05) is 31.5 Å². The van der Waals surface area contributed by atoms with E-state index < -0.39 is 5.41 Å². The normalized spacial score (nSPS) is 23.7. The van der Waals surface area contributed by atoms with Gasteiger partial charge in [0.25, 0.3) is 0 Å². The zero-order valence-electron chi connectivity index (χ0n) is 15.5. The lowest BCUT2D eigenvalue weighted by Gasteiger charge is -2.34. The number of nitrogens with zero attached hydrogens (tertiary/aromatic N) is 2. The Morgan fingerprint density at radius 2 is 2.08 bits per heavy atom. The minimum Gasteiger partial charge on any atom is -0.337 e. The molecule has 0 saturated carbocycles. The molecule has 0 aliphatic carbocycles. The third kappa shape index (κ3) is 2.81. The molecule has 3 rings (SSSR count). The second-order valence-corrected chi connectivity index (χ2v) is 7.17. The lowest BCUT2D eigenvalue weighted by molar-refractivity contribution is -0.132. The number of benzene rings is 1. The molecule has 2 aliphatic heterocycles. The number of urea groups is 1. The maximum Gasteiger partial charge on any atom is 0.317 e. The summed E-state index contributed by atoms with van der Waals surface area (Å²) >= 11 is 0. The summed E-state index contributed by atoms with van der Waals surface area (Å²) in [7, 11) is 3.26. The van der Waals surface area contributed by atoms with Crippen molar-refractivity contribution in [2.45, 2.75) is 37.6 Å². The van der Waals surface area contributed by atoms with Crippen molar-refractivity contribution in [1.29, 1.82) is 0 Å². The Bertz CT molecular complexity index is 733. The molecule has 2 aliphatic rings. The number of carbonyl (C=O) groups is 3. The van der Waals surface area contributed by atoms with E-state index in [0.717, 1.165) is 24.1 Å². The lowest BCUT2D eigenvalue weighted by atomic mass is 9.73. The smallest absolute Gasteiger partial charge is 0.317 e. The van der Waals surface area contributed by atoms with E-state index in [1.165, 1.54) is 4.90 Å². The molecule has 1 aromatic carbocycles. The molecular weight excluding hydrogens is 332 g/mol. The van der Waals surface area contributed by atoms with Crippen LogP contribution < -0.4 is 10.6 Å². The van der Waals surface area contributed by atoms with Crippen LogP contribution in [0.1, 0.15) is 31.7 Å². The van der Waals surface area contributed by atoms with Crippen molar-refractivity contribution in [3.8, 4) is 0 Å². The quantitative estimate of drug-likeness (QED) is 0.857. The molecule has 2 heterocycles. The number of fused-ring (bicyclic) bond motifs is 2. The van der Waals surface area contributed by atoms with Gasteiger partial charge in [-0.15, -0.1) is 0 Å². The van der Waals surface area contributed by atoms with Crippen molar-refractivity contribution in [1.82, 2.24) is 15.1 Å². The second kappa shape index (κ2) is 6.97. The Balaban J connectivity index is 1.86. The summed E-state index contributed by atoms with van der Waals surface area (Å²) in [4.78, 5) is 40.6. The monoisotopic (exact) mass is 358 g/mol. The number of amides is 4. The summed E-state index contributed by atoms with van der Waals surface area (Å²) in [5, 5.41) is 5.62. The van der Waals surface area contributed by atoms with Crippen molar-refractivity contribution >= 4 is 23.5 Å². The van der Waals surface area contributed by atoms with Crippen molar-refractivity contribution in [3.63, 3.8) is 0 Å². The van der Waals surface area contributed by atoms with Crippen LogP contribution in [0.15, 0.2) is 24.3 Å². The van der Waals surface area contributed by atoms with E-state index in [-0.39, 0.29) is 30.4 Å². The van der Waals surface area contributed by atoms with E-state index in [4.69, 9.17) is 0 Å². The van der Waals surface area contributed by atoms with Gasteiger partial charge < -0.3 is 20.4 Å². The number of carbonyl (C=O) groups excluding carboxylic acids is 3. The summed E-state index contributed by atoms with van der Waals surface area (Å²) < 4.78 is 0. The number of nitrogens with one attached hydrogen (secondary N) is 2. The van der Waals surface area contributed by atoms with Gasteiger partial charge in [0.15, 0.2) is 0 Å². The van der Waals surface area contributed by atoms with Gasteiger partial charge >= 0.3 is 6.03 Å². The Hall–Kier alpha value is -2.57. The molecule has 2 N–H and O–H groups in total. The molecule has 4 amide bonds. The Labute approximate surface area is 153 Å². The SMILES string of the molecule is CCC[C@@H]1N(C(=O)CNC(=O)N(C)C)CC[C@@]12C(=O)Nc1ccccc12. The number of rotatable bonds is 4. The molecule has 1 saturated heterocycles. The Kier molecular flexibility index (Phi) is 4.89. The van der Waals surface area contributed by atoms with Crippen LogP contribution in [0.5, 0.6) is 0 Å². The van der Waals surface area contributed by atoms with Crippen LogP contribution in [0.2, 0.25) is 0 Å². The van der Waals surface area contributed by atoms with Crippen LogP contribution in [-0.4, -0.2) is 60.9 Å². The zero-order chi connectivity index (χ0) is 18.9. The van der Waals surface area contributed by atoms with Crippen LogP contribution >= 0.6 is 0 Å². The highest BCUT2D eigenvalue weighted by atomic mass is 16.2. The minimum atomic E-state index is -0.687. The third-order valence-electron chi connectivity index (χ3n) is 5.43. The predicted molar refractivity (Wildman–Crippen MR) is 98.9 cm³/mol. The summed E-state index contributed by atoms with van der Waals surface area (Å²) in [6.45, 7) is 2.51. The molecule has 1 fully saturated rings. The first-order valence-electron chi connectivity index (χ1n) is 9.07. The fourth-order valence-electron chi connectivity index (χ4n) is 4.19. The van der Waals surface area contributed by atoms with Gasteiger partial charge in [-0.2, -0.15) is 0 Å². The fraction of sp³-hybridized carbons (Fsp3) is 0.526. The van der Waals surface area contributed by atoms with Crippen molar-refractivity contribution in [2.75, 3.05) is 32.5 Å². The van der Waals surface area contributed by atoms with Gasteiger partial charge in [-0.3, -0.25) is 9.59 Å². The number of likely N-dealkylation sites (tertiary alicyclic amines) is 1. The third-order valence-corrected chi connectivity index (χ3v) is 5.43. The Morgan fingerprint density at radius 3 is 2.77 bits per heavy atom. The average Bonchev–Trinajstić information content (AvgIpc) is 3.13. The largest absolute Gasteiger partial charge is 0.337 e. The van der Waals surface area contributed by atoms with Crippen LogP contribution in [-0.2, 0) is 15.0 Å². The van der Waals surface area contributed by atoms with Crippen LogP contribution in [0.25, 0.3) is 0 Å². The minimum absolute atomic E-state index is 0.0234. The van der Waals surface area contributed by atoms with Gasteiger partial charge in [0.2, 0.25) is 11.8 Å². The fourth-order valence-corrected chi connectivity index (χ4v) is 4.19. The molecule has 0 radical (unpaired) electrons. The molecule has 1 spiro atoms. The topological polar surface area (TPSA) is 81.8 Å². The molecule has 0 unspecified atom stereocenters. The van der Waals surface area contributed by atoms with Gasteiger partial charge in [0, 0.05) is 26.3 Å². The van der Waals surface area contributed by atoms with Crippen LogP contribution in [0.3, 0.4) is 0 Å². The number of hydrogen-bond acceptors (Lipinski definition) is 3. The van der Waals surface area contributed by atoms with Crippen LogP contribution in [0, 0.1) is 0 Å². The highest BCUT2D eigenvalue weighted by Crippen LogP contribution is 2.49. The average molecular weight is 358 g/mol. The highest BCUT2D eigenvalue weighted by molar-refractivity contribution is 6.07. The molecule has 0 aromatic heterocycles. The van der Waals surface area contributed by atoms with E-state index in [1.807, 2.05) is 24.3 Å². The summed E-state index contributed by atoms with van der Waals surface area (Å²) in [6.07, 6.45) is 2.22. The van der Waals surface area contributed by atoms with E-state index in [1.54, 1.807) is 19.0 Å². The molecule has 7 heteroatoms. The first-order chi connectivity index (χ1) is 12.4. The molecule has 26 heavy (non-hydrogen) atoms. The number of hydrogen-bond donors (Lipinski definition) is 2. The van der Waals surface area contributed by atoms with Crippen molar-refractivity contribution in [2.24, 2.45) is 0 Å². The number of anilines is 1. The summed E-state index contributed by atoms with van der Waals surface area (Å²) in [5.74, 6) is -0.169. The molecule has 7 nitrogen and oxygen atoms in total. The first-order valence-corrected chi connectivity index (χ1v) is 9.07. The molecule has 0 bridgehead atoms. The highest BCUT2D eigenvalue weighted by Gasteiger charge is 2.58. The molecule has 2 atom stereocenters. The second-order valence-electron chi connectivity index (χ2n) is 7.17. The van der Waals surface area contributed by atoms with E-state index in [2.05, 4.69) is 17.6 Å². The molecular formula is C19H26N4O3. The van der Waals surface area contributed by atoms with Crippen molar-refractivity contribution < 1.29 is 14.4 Å². The van der Waals surface area contributed by atoms with E-state index >= 15 is 0 Å². The van der Waals surface area contributed by atoms with Gasteiger partial charge in [-0.25, -0.2) is 4.79 Å². The summed E-state index contributed by atoms with van der Waals surface area (Å²) in [6, 6.07) is 7.24. The Morgan fingerprint density at radius 1 is 1.35 bits per heavy atom. The van der Waals surface area contributed by atoms with Gasteiger partial charge in [0.05, 0.1) is 18.0 Å². The number of para-hydroxylation sites is 1. The van der Waals surface area contributed by atoms with E-state index in [0.29, 0.717) is 13.0 Å². The van der Waals surface area contributed by atoms with Gasteiger partial charge in [-0.05, 0) is 24.5 Å². The lowest BCUT2D eigenvalue weighted by Crippen LogP contribution is -2.51. The summed E-state index contributed by atoms with van der Waals surface area (Å²) in [5.41, 5.74) is 1.14. The zero-order valence-corrected chi connectivity index (χ0v) is 15.5. The van der Waals surface area contributed by atoms with Gasteiger partial charge in [0.1, 0.15) is 0 Å². The standard InChI is InChI=1S/C19H26N4O3/c1-4-7-15-19(13-8-5-6-9-14(13)21-17(19)25)10-11-23(15)16(24)12-20-18(26)22(2)3/h5-6,8-9,15H,4,7,10-12H2,1-3H3,(H,20,26)(H,21,25)/t15-,19-/m0/s1. The maximum atomic E-state index is 12.9. The van der Waals surface area contributed by atoms with Crippen molar-refractivity contribution in [3.05, 3.63) is 29.8 Å². The van der Waals surface area contributed by atoms with Crippen LogP contribution in [0.4, 0.5) is 10.5 Å². The first kappa shape index (κ1) is 18.2. The predicted octanol–water partition coefficient (Wildman–Crippen LogP) is 1.55. The molecule has 140 valence electrons. The van der Waals surface area contributed by atoms with E-state index in [9.17, 15) is 14.4 Å². The maximum absolute atomic E-state index is 12.9. The molecule has 1 aromatic rings.